The standard InChI is InChI=1S/C16H24N4O/c21-11-14-7-4-8-20(14)16-9-15(18-12-19-16)17-10-13-5-2-1-3-6-13/h1-2,9,12-14,21H,3-8,10-11H2,(H,17,18,19)/t13-,14-/m0/s1. The highest BCUT2D eigenvalue weighted by molar-refractivity contribution is 5.49. The predicted octanol–water partition coefficient (Wildman–Crippen LogP) is 2.21. The Morgan fingerprint density at radius 2 is 2.24 bits per heavy atom. The van der Waals surface area contributed by atoms with E-state index in [0.717, 1.165) is 44.0 Å². The van der Waals surface area contributed by atoms with E-state index in [1.165, 1.54) is 12.8 Å². The molecule has 0 bridgehead atoms. The third-order valence-electron chi connectivity index (χ3n) is 4.48. The first-order valence-corrected chi connectivity index (χ1v) is 7.95. The van der Waals surface area contributed by atoms with Crippen LogP contribution in [0.25, 0.3) is 0 Å². The molecule has 1 aromatic heterocycles. The van der Waals surface area contributed by atoms with Crippen molar-refractivity contribution in [3.63, 3.8) is 0 Å². The fraction of sp³-hybridized carbons (Fsp3) is 0.625. The Bertz CT molecular complexity index is 491. The Balaban J connectivity index is 1.61. The predicted molar refractivity (Wildman–Crippen MR) is 84.5 cm³/mol. The minimum absolute atomic E-state index is 0.196. The van der Waals surface area contributed by atoms with Gasteiger partial charge in [-0.15, -0.1) is 0 Å². The Kier molecular flexibility index (Phi) is 4.70. The quantitative estimate of drug-likeness (QED) is 0.813. The summed E-state index contributed by atoms with van der Waals surface area (Å²) in [7, 11) is 0. The molecule has 1 fully saturated rings. The highest BCUT2D eigenvalue weighted by Gasteiger charge is 2.25. The second-order valence-corrected chi connectivity index (χ2v) is 5.96. The summed E-state index contributed by atoms with van der Waals surface area (Å²) in [5.74, 6) is 2.51. The number of nitrogens with one attached hydrogen (secondary N) is 1. The summed E-state index contributed by atoms with van der Waals surface area (Å²) in [5, 5.41) is 12.9. The maximum atomic E-state index is 9.43. The average molecular weight is 288 g/mol. The van der Waals surface area contributed by atoms with Crippen LogP contribution in [-0.4, -0.2) is 40.8 Å². The van der Waals surface area contributed by atoms with Crippen LogP contribution in [0, 0.1) is 5.92 Å². The summed E-state index contributed by atoms with van der Waals surface area (Å²) in [6, 6.07) is 2.21. The summed E-state index contributed by atoms with van der Waals surface area (Å²) in [6.45, 7) is 2.13. The van der Waals surface area contributed by atoms with E-state index in [-0.39, 0.29) is 12.6 Å². The smallest absolute Gasteiger partial charge is 0.134 e. The molecule has 1 aliphatic carbocycles. The molecule has 1 saturated heterocycles. The Hall–Kier alpha value is -1.62. The Labute approximate surface area is 126 Å². The number of rotatable bonds is 5. The van der Waals surface area contributed by atoms with E-state index in [9.17, 15) is 5.11 Å². The van der Waals surface area contributed by atoms with E-state index < -0.39 is 0 Å². The molecule has 114 valence electrons. The van der Waals surface area contributed by atoms with Gasteiger partial charge in [-0.3, -0.25) is 0 Å². The Morgan fingerprint density at radius 3 is 3.05 bits per heavy atom. The van der Waals surface area contributed by atoms with Gasteiger partial charge in [0.2, 0.25) is 0 Å². The van der Waals surface area contributed by atoms with Crippen LogP contribution in [-0.2, 0) is 0 Å². The van der Waals surface area contributed by atoms with E-state index in [2.05, 4.69) is 32.3 Å². The summed E-state index contributed by atoms with van der Waals surface area (Å²) in [6.07, 6.45) is 11.9. The van der Waals surface area contributed by atoms with E-state index >= 15 is 0 Å². The molecular formula is C16H24N4O. The second-order valence-electron chi connectivity index (χ2n) is 5.96. The summed E-state index contributed by atoms with van der Waals surface area (Å²) < 4.78 is 0. The molecule has 0 amide bonds. The normalized spacial score (nSPS) is 25.3. The fourth-order valence-corrected chi connectivity index (χ4v) is 3.22. The van der Waals surface area contributed by atoms with Crippen LogP contribution in [0.5, 0.6) is 0 Å². The van der Waals surface area contributed by atoms with E-state index in [1.54, 1.807) is 6.33 Å². The van der Waals surface area contributed by atoms with Gasteiger partial charge in [-0.1, -0.05) is 12.2 Å². The van der Waals surface area contributed by atoms with Crippen LogP contribution in [0.4, 0.5) is 11.6 Å². The minimum atomic E-state index is 0.196. The van der Waals surface area contributed by atoms with Crippen molar-refractivity contribution < 1.29 is 5.11 Å². The van der Waals surface area contributed by atoms with Crippen LogP contribution in [0.1, 0.15) is 32.1 Å². The maximum Gasteiger partial charge on any atom is 0.134 e. The van der Waals surface area contributed by atoms with Gasteiger partial charge >= 0.3 is 0 Å². The number of anilines is 2. The van der Waals surface area contributed by atoms with Crippen LogP contribution >= 0.6 is 0 Å². The highest BCUT2D eigenvalue weighted by Crippen LogP contribution is 2.25. The number of nitrogens with zero attached hydrogens (tertiary/aromatic N) is 3. The molecule has 2 heterocycles. The molecule has 0 saturated carbocycles. The molecule has 2 aliphatic rings. The largest absolute Gasteiger partial charge is 0.394 e. The first-order chi connectivity index (χ1) is 10.4. The van der Waals surface area contributed by atoms with Gasteiger partial charge in [-0.25, -0.2) is 9.97 Å². The van der Waals surface area contributed by atoms with E-state index in [0.29, 0.717) is 5.92 Å². The lowest BCUT2D eigenvalue weighted by molar-refractivity contribution is 0.266. The first kappa shape index (κ1) is 14.3. The van der Waals surface area contributed by atoms with Crippen LogP contribution in [0.2, 0.25) is 0 Å². The van der Waals surface area contributed by atoms with Crippen molar-refractivity contribution in [1.29, 1.82) is 0 Å². The molecule has 2 atom stereocenters. The van der Waals surface area contributed by atoms with Gasteiger partial charge in [-0.2, -0.15) is 0 Å². The van der Waals surface area contributed by atoms with Crippen molar-refractivity contribution in [2.75, 3.05) is 29.9 Å². The molecule has 0 spiro atoms. The third-order valence-corrected chi connectivity index (χ3v) is 4.48. The minimum Gasteiger partial charge on any atom is -0.394 e. The Morgan fingerprint density at radius 1 is 1.29 bits per heavy atom. The summed E-state index contributed by atoms with van der Waals surface area (Å²) >= 11 is 0. The van der Waals surface area contributed by atoms with E-state index in [4.69, 9.17) is 0 Å². The number of hydrogen-bond acceptors (Lipinski definition) is 5. The molecule has 3 rings (SSSR count). The number of aliphatic hydroxyl groups excluding tert-OH is 1. The summed E-state index contributed by atoms with van der Waals surface area (Å²) in [5.41, 5.74) is 0. The van der Waals surface area contributed by atoms with Gasteiger partial charge in [0.05, 0.1) is 12.6 Å². The van der Waals surface area contributed by atoms with Gasteiger partial charge in [0, 0.05) is 19.2 Å². The molecule has 0 unspecified atom stereocenters. The molecule has 2 N–H and O–H groups in total. The molecule has 0 radical (unpaired) electrons. The zero-order chi connectivity index (χ0) is 14.5. The zero-order valence-electron chi connectivity index (χ0n) is 12.4. The van der Waals surface area contributed by atoms with Gasteiger partial charge in [-0.05, 0) is 38.0 Å². The first-order valence-electron chi connectivity index (χ1n) is 7.95. The van der Waals surface area contributed by atoms with Gasteiger partial charge in [0.25, 0.3) is 0 Å². The number of allylic oxidation sites excluding steroid dienone is 2. The van der Waals surface area contributed by atoms with Crippen LogP contribution in [0.3, 0.4) is 0 Å². The van der Waals surface area contributed by atoms with Crippen molar-refractivity contribution in [1.82, 2.24) is 9.97 Å². The third kappa shape index (κ3) is 3.53. The molecular weight excluding hydrogens is 264 g/mol. The van der Waals surface area contributed by atoms with Gasteiger partial charge < -0.3 is 15.3 Å². The molecule has 1 aliphatic heterocycles. The van der Waals surface area contributed by atoms with Crippen LogP contribution in [0.15, 0.2) is 24.5 Å². The zero-order valence-corrected chi connectivity index (χ0v) is 12.4. The van der Waals surface area contributed by atoms with Crippen molar-refractivity contribution in [3.8, 4) is 0 Å². The van der Waals surface area contributed by atoms with Crippen LogP contribution < -0.4 is 10.2 Å². The lowest BCUT2D eigenvalue weighted by atomic mass is 9.94. The maximum absolute atomic E-state index is 9.43. The second kappa shape index (κ2) is 6.89. The topological polar surface area (TPSA) is 61.3 Å². The molecule has 5 nitrogen and oxygen atoms in total. The van der Waals surface area contributed by atoms with Gasteiger partial charge in [0.1, 0.15) is 18.0 Å². The lowest BCUT2D eigenvalue weighted by Crippen LogP contribution is -2.32. The van der Waals surface area contributed by atoms with Crippen molar-refractivity contribution in [2.24, 2.45) is 5.92 Å². The van der Waals surface area contributed by atoms with E-state index in [1.807, 2.05) is 6.07 Å². The highest BCUT2D eigenvalue weighted by atomic mass is 16.3. The summed E-state index contributed by atoms with van der Waals surface area (Å²) in [4.78, 5) is 10.9. The van der Waals surface area contributed by atoms with Crippen molar-refractivity contribution >= 4 is 11.6 Å². The lowest BCUT2D eigenvalue weighted by Gasteiger charge is -2.24. The molecule has 5 heteroatoms. The SMILES string of the molecule is OC[C@@H]1CCCN1c1cc(NC[C@H]2CC=CCC2)ncn1. The number of aromatic nitrogens is 2. The number of hydrogen-bond donors (Lipinski definition) is 2. The fourth-order valence-electron chi connectivity index (χ4n) is 3.22. The molecule has 21 heavy (non-hydrogen) atoms. The number of aliphatic hydroxyl groups is 1. The van der Waals surface area contributed by atoms with Crippen molar-refractivity contribution in [2.45, 2.75) is 38.1 Å². The monoisotopic (exact) mass is 288 g/mol. The molecule has 1 aromatic rings. The average Bonchev–Trinajstić information content (AvgIpc) is 3.03. The molecule has 0 aromatic carbocycles. The van der Waals surface area contributed by atoms with Crippen molar-refractivity contribution in [3.05, 3.63) is 24.5 Å². The van der Waals surface area contributed by atoms with Gasteiger partial charge in [0.15, 0.2) is 0 Å².